The van der Waals surface area contributed by atoms with Crippen molar-refractivity contribution in [1.29, 1.82) is 0 Å². The highest BCUT2D eigenvalue weighted by Gasteiger charge is 2.37. The number of nitrogens with one attached hydrogen (secondary N) is 2. The van der Waals surface area contributed by atoms with Gasteiger partial charge in [-0.25, -0.2) is 4.79 Å². The maximum Gasteiger partial charge on any atom is 0.327 e. The fraction of sp³-hybridized carbons (Fsp3) is 0.500. The summed E-state index contributed by atoms with van der Waals surface area (Å²) < 4.78 is 0. The second-order valence-electron chi connectivity index (χ2n) is 7.49. The van der Waals surface area contributed by atoms with Crippen LogP contribution >= 0.6 is 25.3 Å². The van der Waals surface area contributed by atoms with E-state index in [4.69, 9.17) is 5.73 Å². The van der Waals surface area contributed by atoms with Crippen LogP contribution in [0.1, 0.15) is 18.4 Å². The molecule has 12 heteroatoms. The van der Waals surface area contributed by atoms with E-state index in [9.17, 15) is 29.4 Å². The highest BCUT2D eigenvalue weighted by molar-refractivity contribution is 7.80. The van der Waals surface area contributed by atoms with Gasteiger partial charge in [0.25, 0.3) is 0 Å². The molecule has 0 radical (unpaired) electrons. The van der Waals surface area contributed by atoms with Gasteiger partial charge in [-0.05, 0) is 30.5 Å². The van der Waals surface area contributed by atoms with Crippen LogP contribution in [-0.2, 0) is 25.6 Å². The van der Waals surface area contributed by atoms with Crippen LogP contribution in [-0.4, -0.2) is 81.0 Å². The molecule has 4 atom stereocenters. The zero-order chi connectivity index (χ0) is 23.8. The van der Waals surface area contributed by atoms with Gasteiger partial charge in [0.05, 0.1) is 6.04 Å². The average molecular weight is 485 g/mol. The molecule has 0 bridgehead atoms. The number of phenols is 1. The van der Waals surface area contributed by atoms with Crippen molar-refractivity contribution in [3.63, 3.8) is 0 Å². The lowest BCUT2D eigenvalue weighted by molar-refractivity contribution is -0.142. The molecule has 10 nitrogen and oxygen atoms in total. The number of likely N-dealkylation sites (tertiary alicyclic amines) is 1. The molecule has 176 valence electrons. The van der Waals surface area contributed by atoms with Crippen LogP contribution in [0, 0.1) is 0 Å². The molecule has 32 heavy (non-hydrogen) atoms. The Morgan fingerprint density at radius 2 is 1.75 bits per heavy atom. The van der Waals surface area contributed by atoms with Crippen LogP contribution in [0.3, 0.4) is 0 Å². The van der Waals surface area contributed by atoms with Crippen molar-refractivity contribution in [3.8, 4) is 5.75 Å². The zero-order valence-corrected chi connectivity index (χ0v) is 19.1. The number of aromatic hydroxyl groups is 1. The summed E-state index contributed by atoms with van der Waals surface area (Å²) in [5.74, 6) is -2.83. The summed E-state index contributed by atoms with van der Waals surface area (Å²) in [5, 5.41) is 23.7. The molecular weight excluding hydrogens is 456 g/mol. The van der Waals surface area contributed by atoms with Crippen LogP contribution in [0.15, 0.2) is 24.3 Å². The van der Waals surface area contributed by atoms with Crippen molar-refractivity contribution in [2.45, 2.75) is 43.4 Å². The first-order chi connectivity index (χ1) is 15.2. The zero-order valence-electron chi connectivity index (χ0n) is 17.3. The number of thiol groups is 2. The molecule has 0 aromatic heterocycles. The third kappa shape index (κ3) is 6.78. The Morgan fingerprint density at radius 1 is 1.09 bits per heavy atom. The number of carbonyl (C=O) groups excluding carboxylic acids is 3. The SMILES string of the molecule is N[C@@H](CS)C(=O)N1CCC[C@H]1C(=O)N[C@@H](Cc1ccc(O)cc1)C(=O)N[C@@H](CS)C(=O)O. The summed E-state index contributed by atoms with van der Waals surface area (Å²) in [6.07, 6.45) is 1.07. The Kier molecular flexibility index (Phi) is 9.66. The molecule has 1 saturated heterocycles. The fourth-order valence-corrected chi connectivity index (χ4v) is 3.80. The van der Waals surface area contributed by atoms with Crippen molar-refractivity contribution < 1.29 is 29.4 Å². The van der Waals surface area contributed by atoms with E-state index < -0.39 is 47.9 Å². The minimum absolute atomic E-state index is 0.0421. The number of carboxylic acids is 1. The number of aliphatic carboxylic acids is 1. The normalized spacial score (nSPS) is 18.5. The lowest BCUT2D eigenvalue weighted by atomic mass is 10.0. The number of amides is 3. The molecule has 1 aromatic rings. The van der Waals surface area contributed by atoms with Gasteiger partial charge in [0, 0.05) is 24.5 Å². The van der Waals surface area contributed by atoms with E-state index >= 15 is 0 Å². The van der Waals surface area contributed by atoms with Crippen LogP contribution < -0.4 is 16.4 Å². The van der Waals surface area contributed by atoms with E-state index in [1.807, 2.05) is 0 Å². The number of phenolic OH excluding ortho intramolecular Hbond substituents is 1. The van der Waals surface area contributed by atoms with Gasteiger partial charge in [0.2, 0.25) is 17.7 Å². The Morgan fingerprint density at radius 3 is 2.31 bits per heavy atom. The lowest BCUT2D eigenvalue weighted by Crippen LogP contribution is -2.57. The standard InChI is InChI=1S/C20H28N4O6S2/c21-13(9-31)19(28)24-7-1-2-16(24)18(27)22-14(8-11-3-5-12(25)6-4-11)17(26)23-15(10-32)20(29)30/h3-6,13-16,25,31-32H,1-2,7-10,21H2,(H,22,27)(H,23,26)(H,29,30)/t13-,14-,15-,16-/m0/s1. The molecule has 1 heterocycles. The van der Waals surface area contributed by atoms with Crippen LogP contribution in [0.5, 0.6) is 5.75 Å². The van der Waals surface area contributed by atoms with Gasteiger partial charge < -0.3 is 31.5 Å². The summed E-state index contributed by atoms with van der Waals surface area (Å²) in [4.78, 5) is 51.0. The fourth-order valence-electron chi connectivity index (χ4n) is 3.40. The topological polar surface area (TPSA) is 162 Å². The molecule has 3 amide bonds. The minimum atomic E-state index is -1.25. The summed E-state index contributed by atoms with van der Waals surface area (Å²) in [5.41, 5.74) is 6.41. The molecule has 1 fully saturated rings. The summed E-state index contributed by atoms with van der Waals surface area (Å²) in [6.45, 7) is 0.369. The predicted octanol–water partition coefficient (Wildman–Crippen LogP) is -0.833. The quantitative estimate of drug-likeness (QED) is 0.213. The van der Waals surface area contributed by atoms with Gasteiger partial charge in [0.15, 0.2) is 0 Å². The number of nitrogens with zero attached hydrogens (tertiary/aromatic N) is 1. The van der Waals surface area contributed by atoms with Crippen molar-refractivity contribution in [2.75, 3.05) is 18.1 Å². The predicted molar refractivity (Wildman–Crippen MR) is 124 cm³/mol. The Balaban J connectivity index is 2.19. The Bertz CT molecular complexity index is 838. The van der Waals surface area contributed by atoms with E-state index in [0.29, 0.717) is 24.9 Å². The lowest BCUT2D eigenvalue weighted by Gasteiger charge is -2.28. The highest BCUT2D eigenvalue weighted by Crippen LogP contribution is 2.19. The van der Waals surface area contributed by atoms with Crippen molar-refractivity contribution in [3.05, 3.63) is 29.8 Å². The second kappa shape index (κ2) is 12.0. The molecule has 2 rings (SSSR count). The largest absolute Gasteiger partial charge is 0.508 e. The first-order valence-corrected chi connectivity index (χ1v) is 11.3. The number of benzene rings is 1. The molecule has 1 aliphatic heterocycles. The summed E-state index contributed by atoms with van der Waals surface area (Å²) in [6, 6.07) is 2.09. The molecule has 1 aromatic carbocycles. The molecule has 0 saturated carbocycles. The number of nitrogens with two attached hydrogens (primary N) is 1. The Labute approximate surface area is 196 Å². The molecule has 6 N–H and O–H groups in total. The van der Waals surface area contributed by atoms with E-state index in [0.717, 1.165) is 0 Å². The second-order valence-corrected chi connectivity index (χ2v) is 8.22. The van der Waals surface area contributed by atoms with Gasteiger partial charge in [-0.1, -0.05) is 12.1 Å². The van der Waals surface area contributed by atoms with Crippen LogP contribution in [0.2, 0.25) is 0 Å². The van der Waals surface area contributed by atoms with E-state index in [1.165, 1.54) is 17.0 Å². The van der Waals surface area contributed by atoms with Gasteiger partial charge in [0.1, 0.15) is 23.9 Å². The van der Waals surface area contributed by atoms with E-state index in [-0.39, 0.29) is 23.7 Å². The van der Waals surface area contributed by atoms with Crippen LogP contribution in [0.4, 0.5) is 0 Å². The minimum Gasteiger partial charge on any atom is -0.508 e. The van der Waals surface area contributed by atoms with Gasteiger partial charge in [-0.15, -0.1) is 0 Å². The molecule has 0 aliphatic carbocycles. The van der Waals surface area contributed by atoms with Crippen LogP contribution in [0.25, 0.3) is 0 Å². The third-order valence-electron chi connectivity index (χ3n) is 5.16. The number of rotatable bonds is 10. The molecule has 0 spiro atoms. The van der Waals surface area contributed by atoms with Gasteiger partial charge in [-0.3, -0.25) is 14.4 Å². The summed E-state index contributed by atoms with van der Waals surface area (Å²) in [7, 11) is 0. The maximum atomic E-state index is 13.0. The first kappa shape index (κ1) is 25.8. The summed E-state index contributed by atoms with van der Waals surface area (Å²) >= 11 is 7.97. The number of carboxylic acid groups (broad SMARTS) is 1. The van der Waals surface area contributed by atoms with Crippen molar-refractivity contribution in [1.82, 2.24) is 15.5 Å². The molecule has 1 aliphatic rings. The average Bonchev–Trinajstić information content (AvgIpc) is 3.26. The third-order valence-corrected chi connectivity index (χ3v) is 5.92. The molecular formula is C20H28N4O6S2. The van der Waals surface area contributed by atoms with Crippen molar-refractivity contribution in [2.24, 2.45) is 5.73 Å². The first-order valence-electron chi connectivity index (χ1n) is 10.1. The molecule has 0 unspecified atom stereocenters. The van der Waals surface area contributed by atoms with E-state index in [1.54, 1.807) is 12.1 Å². The maximum absolute atomic E-state index is 13.0. The van der Waals surface area contributed by atoms with Gasteiger partial charge in [-0.2, -0.15) is 25.3 Å². The van der Waals surface area contributed by atoms with E-state index in [2.05, 4.69) is 35.9 Å². The Hall–Kier alpha value is -2.44. The monoisotopic (exact) mass is 484 g/mol. The highest BCUT2D eigenvalue weighted by atomic mass is 32.1. The number of hydrogen-bond donors (Lipinski definition) is 7. The number of hydrogen-bond acceptors (Lipinski definition) is 8. The number of carbonyl (C=O) groups is 4. The van der Waals surface area contributed by atoms with Gasteiger partial charge >= 0.3 is 5.97 Å². The van der Waals surface area contributed by atoms with Crippen molar-refractivity contribution >= 4 is 48.9 Å². The smallest absolute Gasteiger partial charge is 0.327 e.